The third-order valence-electron chi connectivity index (χ3n) is 6.36. The van der Waals surface area contributed by atoms with Crippen LogP contribution in [0.1, 0.15) is 30.9 Å². The van der Waals surface area contributed by atoms with Crippen molar-refractivity contribution in [2.75, 3.05) is 18.1 Å². The van der Waals surface area contributed by atoms with Gasteiger partial charge in [-0.25, -0.2) is 13.1 Å². The molecule has 10 heteroatoms. The monoisotopic (exact) mass is 553 g/mol. The lowest BCUT2D eigenvalue weighted by atomic mass is 10.0. The standard InChI is InChI=1S/C27H27N3O4S3/c1-3-12-34-23-10-9-19(14-18(23)2)25-20(16-29(28-25)21-7-5-4-6-8-21)15-24-26(31)30(27(35)36-24)22-11-13-37(32,33)17-22/h4-10,14-16,22H,3,11-13,17H2,1-2H3/b24-15-/t22-/m0/s1. The van der Waals surface area contributed by atoms with Crippen LogP contribution in [0.15, 0.2) is 59.6 Å². The topological polar surface area (TPSA) is 81.5 Å². The fraction of sp³-hybridized carbons (Fsp3) is 0.296. The molecule has 0 aliphatic carbocycles. The van der Waals surface area contributed by atoms with E-state index < -0.39 is 15.9 Å². The van der Waals surface area contributed by atoms with Crippen molar-refractivity contribution in [2.45, 2.75) is 32.7 Å². The van der Waals surface area contributed by atoms with E-state index in [1.54, 1.807) is 10.8 Å². The highest BCUT2D eigenvalue weighted by Crippen LogP contribution is 2.38. The molecular weight excluding hydrogens is 527 g/mol. The van der Waals surface area contributed by atoms with Crippen molar-refractivity contribution >= 4 is 50.1 Å². The minimum atomic E-state index is -3.15. The average molecular weight is 554 g/mol. The first-order valence-corrected chi connectivity index (χ1v) is 15.2. The molecule has 3 heterocycles. The molecule has 2 saturated heterocycles. The Morgan fingerprint density at radius 2 is 2.00 bits per heavy atom. The molecule has 3 aromatic rings. The number of hydrogen-bond acceptors (Lipinski definition) is 7. The highest BCUT2D eigenvalue weighted by molar-refractivity contribution is 8.26. The summed E-state index contributed by atoms with van der Waals surface area (Å²) in [6, 6.07) is 15.3. The number of ether oxygens (including phenoxy) is 1. The lowest BCUT2D eigenvalue weighted by Crippen LogP contribution is -2.39. The van der Waals surface area contributed by atoms with Crippen LogP contribution in [0.5, 0.6) is 5.75 Å². The van der Waals surface area contributed by atoms with E-state index in [-0.39, 0.29) is 17.4 Å². The summed E-state index contributed by atoms with van der Waals surface area (Å²) < 4.78 is 32.0. The number of carbonyl (C=O) groups excluding carboxylic acids is 1. The summed E-state index contributed by atoms with van der Waals surface area (Å²) in [5, 5.41) is 4.87. The van der Waals surface area contributed by atoms with Crippen LogP contribution in [-0.4, -0.2) is 57.5 Å². The number of carbonyl (C=O) groups is 1. The number of amides is 1. The molecule has 5 rings (SSSR count). The van der Waals surface area contributed by atoms with Gasteiger partial charge in [-0.3, -0.25) is 9.69 Å². The van der Waals surface area contributed by atoms with Crippen molar-refractivity contribution in [1.82, 2.24) is 14.7 Å². The number of hydrogen-bond donors (Lipinski definition) is 0. The van der Waals surface area contributed by atoms with Gasteiger partial charge in [-0.15, -0.1) is 0 Å². The molecule has 2 aliphatic rings. The molecule has 37 heavy (non-hydrogen) atoms. The van der Waals surface area contributed by atoms with Crippen molar-refractivity contribution in [2.24, 2.45) is 0 Å². The summed E-state index contributed by atoms with van der Waals surface area (Å²) >= 11 is 6.70. The van der Waals surface area contributed by atoms with E-state index in [2.05, 4.69) is 6.92 Å². The van der Waals surface area contributed by atoms with Gasteiger partial charge in [0.1, 0.15) is 15.8 Å². The van der Waals surface area contributed by atoms with E-state index in [9.17, 15) is 13.2 Å². The van der Waals surface area contributed by atoms with E-state index in [0.717, 1.165) is 40.2 Å². The largest absolute Gasteiger partial charge is 0.493 e. The number of benzene rings is 2. The van der Waals surface area contributed by atoms with Crippen molar-refractivity contribution in [3.05, 3.63) is 70.8 Å². The zero-order valence-electron chi connectivity index (χ0n) is 20.6. The lowest BCUT2D eigenvalue weighted by Gasteiger charge is -2.20. The summed E-state index contributed by atoms with van der Waals surface area (Å²) in [5.41, 5.74) is 4.29. The Bertz CT molecular complexity index is 1500. The van der Waals surface area contributed by atoms with Gasteiger partial charge in [-0.1, -0.05) is 49.1 Å². The SMILES string of the molecule is CCCOc1ccc(-c2nn(-c3ccccc3)cc2/C=C2\SC(=S)N([C@H]3CCS(=O)(=O)C3)C2=O)cc1C. The van der Waals surface area contributed by atoms with Gasteiger partial charge in [-0.05, 0) is 61.7 Å². The molecule has 0 N–H and O–H groups in total. The van der Waals surface area contributed by atoms with Crippen molar-refractivity contribution in [1.29, 1.82) is 0 Å². The van der Waals surface area contributed by atoms with E-state index in [1.807, 2.05) is 61.7 Å². The van der Waals surface area contributed by atoms with Gasteiger partial charge < -0.3 is 4.74 Å². The van der Waals surface area contributed by atoms with Gasteiger partial charge in [0.25, 0.3) is 5.91 Å². The molecule has 0 bridgehead atoms. The molecule has 2 aliphatic heterocycles. The number of rotatable bonds is 7. The van der Waals surface area contributed by atoms with Crippen molar-refractivity contribution < 1.29 is 17.9 Å². The predicted molar refractivity (Wildman–Crippen MR) is 152 cm³/mol. The maximum absolute atomic E-state index is 13.4. The van der Waals surface area contributed by atoms with Crippen LogP contribution in [0.2, 0.25) is 0 Å². The molecule has 1 aromatic heterocycles. The summed E-state index contributed by atoms with van der Waals surface area (Å²) in [5.74, 6) is 0.617. The molecule has 1 atom stereocenters. The Hall–Kier alpha value is -2.95. The first-order chi connectivity index (χ1) is 17.8. The second-order valence-electron chi connectivity index (χ2n) is 9.15. The Kier molecular flexibility index (Phi) is 7.24. The van der Waals surface area contributed by atoms with E-state index in [4.69, 9.17) is 22.1 Å². The van der Waals surface area contributed by atoms with Crippen molar-refractivity contribution in [3.63, 3.8) is 0 Å². The zero-order chi connectivity index (χ0) is 26.2. The fourth-order valence-electron chi connectivity index (χ4n) is 4.52. The van der Waals surface area contributed by atoms with Gasteiger partial charge in [0.05, 0.1) is 34.7 Å². The van der Waals surface area contributed by atoms with Crippen LogP contribution < -0.4 is 4.74 Å². The average Bonchev–Trinajstić information content (AvgIpc) is 3.54. The minimum absolute atomic E-state index is 0.0460. The molecule has 0 radical (unpaired) electrons. The summed E-state index contributed by atoms with van der Waals surface area (Å²) in [7, 11) is -3.15. The third-order valence-corrected chi connectivity index (χ3v) is 9.44. The van der Waals surface area contributed by atoms with Crippen LogP contribution >= 0.6 is 24.0 Å². The summed E-state index contributed by atoms with van der Waals surface area (Å²) in [4.78, 5) is 15.3. The first kappa shape index (κ1) is 25.7. The summed E-state index contributed by atoms with van der Waals surface area (Å²) in [6.45, 7) is 4.72. The lowest BCUT2D eigenvalue weighted by molar-refractivity contribution is -0.123. The molecule has 7 nitrogen and oxygen atoms in total. The van der Waals surface area contributed by atoms with Crippen LogP contribution in [0, 0.1) is 6.92 Å². The predicted octanol–water partition coefficient (Wildman–Crippen LogP) is 5.02. The van der Waals surface area contributed by atoms with Crippen LogP contribution in [0.4, 0.5) is 0 Å². The molecule has 2 fully saturated rings. The quantitative estimate of drug-likeness (QED) is 0.300. The van der Waals surface area contributed by atoms with Crippen LogP contribution in [-0.2, 0) is 14.6 Å². The molecule has 192 valence electrons. The number of thiocarbonyl (C=S) groups is 1. The Labute approximate surface area is 226 Å². The van der Waals surface area contributed by atoms with Gasteiger partial charge in [0.2, 0.25) is 0 Å². The normalized spacial score (nSPS) is 20.2. The van der Waals surface area contributed by atoms with Gasteiger partial charge >= 0.3 is 0 Å². The van der Waals surface area contributed by atoms with Gasteiger partial charge in [0.15, 0.2) is 9.84 Å². The summed E-state index contributed by atoms with van der Waals surface area (Å²) in [6.07, 6.45) is 5.04. The molecule has 0 saturated carbocycles. The number of para-hydroxylation sites is 1. The molecule has 1 amide bonds. The maximum atomic E-state index is 13.4. The first-order valence-electron chi connectivity index (χ1n) is 12.1. The Morgan fingerprint density at radius 1 is 1.22 bits per heavy atom. The highest BCUT2D eigenvalue weighted by atomic mass is 32.2. The van der Waals surface area contributed by atoms with Crippen LogP contribution in [0.25, 0.3) is 23.0 Å². The molecule has 2 aromatic carbocycles. The van der Waals surface area contributed by atoms with Gasteiger partial charge in [0, 0.05) is 17.3 Å². The second kappa shape index (κ2) is 10.4. The maximum Gasteiger partial charge on any atom is 0.266 e. The van der Waals surface area contributed by atoms with E-state index in [1.165, 1.54) is 16.7 Å². The number of aryl methyl sites for hydroxylation is 1. The highest BCUT2D eigenvalue weighted by Gasteiger charge is 2.42. The van der Waals surface area contributed by atoms with Crippen LogP contribution in [0.3, 0.4) is 0 Å². The molecule has 0 spiro atoms. The second-order valence-corrected chi connectivity index (χ2v) is 13.1. The van der Waals surface area contributed by atoms with Gasteiger partial charge in [-0.2, -0.15) is 5.10 Å². The van der Waals surface area contributed by atoms with E-state index >= 15 is 0 Å². The molecule has 0 unspecified atom stereocenters. The number of thioether (sulfide) groups is 1. The smallest absolute Gasteiger partial charge is 0.266 e. The number of nitrogens with zero attached hydrogens (tertiary/aromatic N) is 3. The van der Waals surface area contributed by atoms with Crippen molar-refractivity contribution in [3.8, 4) is 22.7 Å². The number of aromatic nitrogens is 2. The zero-order valence-corrected chi connectivity index (χ0v) is 23.0. The number of sulfone groups is 1. The molecular formula is C27H27N3O4S3. The Balaban J connectivity index is 1.53. The van der Waals surface area contributed by atoms with E-state index in [0.29, 0.717) is 22.3 Å². The fourth-order valence-corrected chi connectivity index (χ4v) is 7.61. The Morgan fingerprint density at radius 3 is 2.68 bits per heavy atom. The minimum Gasteiger partial charge on any atom is -0.493 e. The third kappa shape index (κ3) is 5.37.